The number of rotatable bonds is 4. The number of aliphatic hydroxyl groups is 2. The number of alkyl halides is 1. The van der Waals surface area contributed by atoms with Crippen molar-refractivity contribution < 1.29 is 10.2 Å². The van der Waals surface area contributed by atoms with Crippen LogP contribution in [-0.4, -0.2) is 22.2 Å². The van der Waals surface area contributed by atoms with E-state index in [9.17, 15) is 10.2 Å². The number of hydrogen-bond acceptors (Lipinski definition) is 2. The molecule has 0 bridgehead atoms. The molecule has 1 aromatic carbocycles. The molecule has 0 spiro atoms. The van der Waals surface area contributed by atoms with Crippen LogP contribution in [0.1, 0.15) is 18.1 Å². The largest absolute Gasteiger partial charge is 0.390 e. The van der Waals surface area contributed by atoms with Gasteiger partial charge in [0.15, 0.2) is 0 Å². The van der Waals surface area contributed by atoms with E-state index in [0.29, 0.717) is 17.9 Å². The lowest BCUT2D eigenvalue weighted by Gasteiger charge is -2.18. The Kier molecular flexibility index (Phi) is 5.57. The van der Waals surface area contributed by atoms with Crippen molar-refractivity contribution in [1.82, 2.24) is 0 Å². The lowest BCUT2D eigenvalue weighted by molar-refractivity contribution is 0.0165. The van der Waals surface area contributed by atoms with Gasteiger partial charge < -0.3 is 10.2 Å². The van der Waals surface area contributed by atoms with Crippen LogP contribution in [0.5, 0.6) is 0 Å². The van der Waals surface area contributed by atoms with Gasteiger partial charge in [0, 0.05) is 14.8 Å². The zero-order chi connectivity index (χ0) is 11.4. The van der Waals surface area contributed by atoms with E-state index in [-0.39, 0.29) is 0 Å². The second kappa shape index (κ2) is 6.21. The molecule has 0 aliphatic rings. The maximum atomic E-state index is 9.87. The van der Waals surface area contributed by atoms with Crippen molar-refractivity contribution in [2.45, 2.75) is 18.6 Å². The van der Waals surface area contributed by atoms with Gasteiger partial charge in [-0.25, -0.2) is 0 Å². The highest BCUT2D eigenvalue weighted by Crippen LogP contribution is 2.29. The lowest BCUT2D eigenvalue weighted by atomic mass is 10.0. The standard InChI is InChI=1S/C10H11Br2ClO2/c11-6-1-2-8(12)7(5-6)10(15)9(14)3-4-13/h1-2,5,9-10,14-15H,3-4H2. The number of halogens is 3. The van der Waals surface area contributed by atoms with E-state index in [0.717, 1.165) is 8.95 Å². The van der Waals surface area contributed by atoms with Gasteiger partial charge in [-0.1, -0.05) is 31.9 Å². The Balaban J connectivity index is 2.89. The molecule has 1 rings (SSSR count). The van der Waals surface area contributed by atoms with E-state index in [4.69, 9.17) is 11.6 Å². The molecule has 0 aliphatic carbocycles. The summed E-state index contributed by atoms with van der Waals surface area (Å²) >= 11 is 12.1. The van der Waals surface area contributed by atoms with Crippen LogP contribution in [0.15, 0.2) is 27.1 Å². The highest BCUT2D eigenvalue weighted by atomic mass is 79.9. The SMILES string of the molecule is OC(CCCl)C(O)c1cc(Br)ccc1Br. The summed E-state index contributed by atoms with van der Waals surface area (Å²) < 4.78 is 1.63. The van der Waals surface area contributed by atoms with Crippen LogP contribution in [0.3, 0.4) is 0 Å². The van der Waals surface area contributed by atoms with Gasteiger partial charge in [0.1, 0.15) is 6.10 Å². The molecule has 0 saturated heterocycles. The molecule has 0 heterocycles. The van der Waals surface area contributed by atoms with Gasteiger partial charge in [-0.15, -0.1) is 11.6 Å². The first kappa shape index (κ1) is 13.5. The summed E-state index contributed by atoms with van der Waals surface area (Å²) in [6.45, 7) is 0. The van der Waals surface area contributed by atoms with Crippen molar-refractivity contribution in [3.05, 3.63) is 32.7 Å². The minimum atomic E-state index is -0.921. The van der Waals surface area contributed by atoms with Gasteiger partial charge in [0.2, 0.25) is 0 Å². The molecule has 2 atom stereocenters. The average molecular weight is 358 g/mol. The Morgan fingerprint density at radius 2 is 1.93 bits per heavy atom. The molecule has 0 aliphatic heterocycles. The summed E-state index contributed by atoms with van der Waals surface area (Å²) in [5.74, 6) is 0.323. The number of benzene rings is 1. The van der Waals surface area contributed by atoms with Crippen LogP contribution < -0.4 is 0 Å². The maximum absolute atomic E-state index is 9.87. The monoisotopic (exact) mass is 356 g/mol. The van der Waals surface area contributed by atoms with Crippen molar-refractivity contribution >= 4 is 43.5 Å². The van der Waals surface area contributed by atoms with E-state index in [1.807, 2.05) is 12.1 Å². The van der Waals surface area contributed by atoms with Crippen LogP contribution in [0, 0.1) is 0 Å². The second-order valence-electron chi connectivity index (χ2n) is 3.16. The average Bonchev–Trinajstić information content (AvgIpc) is 2.21. The summed E-state index contributed by atoms with van der Waals surface area (Å²) in [5, 5.41) is 19.5. The van der Waals surface area contributed by atoms with E-state index in [2.05, 4.69) is 31.9 Å². The van der Waals surface area contributed by atoms with Crippen LogP contribution in [-0.2, 0) is 0 Å². The number of hydrogen-bond donors (Lipinski definition) is 2. The molecule has 1 aromatic rings. The molecule has 0 aromatic heterocycles. The van der Waals surface area contributed by atoms with E-state index >= 15 is 0 Å². The first-order chi connectivity index (χ1) is 7.06. The smallest absolute Gasteiger partial charge is 0.106 e. The fourth-order valence-corrected chi connectivity index (χ4v) is 2.30. The molecule has 0 radical (unpaired) electrons. The molecule has 2 nitrogen and oxygen atoms in total. The predicted molar refractivity (Wildman–Crippen MR) is 68.1 cm³/mol. The first-order valence-corrected chi connectivity index (χ1v) is 6.55. The fourth-order valence-electron chi connectivity index (χ4n) is 1.22. The molecule has 15 heavy (non-hydrogen) atoms. The zero-order valence-electron chi connectivity index (χ0n) is 7.83. The molecule has 5 heteroatoms. The Labute approximate surface area is 111 Å². The van der Waals surface area contributed by atoms with Gasteiger partial charge in [0.25, 0.3) is 0 Å². The Morgan fingerprint density at radius 3 is 2.53 bits per heavy atom. The minimum absolute atomic E-state index is 0.323. The van der Waals surface area contributed by atoms with Crippen molar-refractivity contribution in [3.8, 4) is 0 Å². The van der Waals surface area contributed by atoms with Crippen LogP contribution in [0.4, 0.5) is 0 Å². The van der Waals surface area contributed by atoms with Gasteiger partial charge in [-0.05, 0) is 30.2 Å². The van der Waals surface area contributed by atoms with Gasteiger partial charge in [-0.2, -0.15) is 0 Å². The summed E-state index contributed by atoms with van der Waals surface area (Å²) in [7, 11) is 0. The zero-order valence-corrected chi connectivity index (χ0v) is 11.8. The van der Waals surface area contributed by atoms with Gasteiger partial charge >= 0.3 is 0 Å². The third-order valence-corrected chi connectivity index (χ3v) is 3.48. The quantitative estimate of drug-likeness (QED) is 0.812. The van der Waals surface area contributed by atoms with Gasteiger partial charge in [0.05, 0.1) is 6.10 Å². The minimum Gasteiger partial charge on any atom is -0.390 e. The molecule has 0 fully saturated rings. The van der Waals surface area contributed by atoms with Crippen molar-refractivity contribution in [2.24, 2.45) is 0 Å². The Bertz CT molecular complexity index is 333. The third kappa shape index (κ3) is 3.71. The van der Waals surface area contributed by atoms with E-state index in [1.54, 1.807) is 6.07 Å². The highest BCUT2D eigenvalue weighted by Gasteiger charge is 2.20. The first-order valence-electron chi connectivity index (χ1n) is 4.43. The molecular formula is C10H11Br2ClO2. The molecule has 2 N–H and O–H groups in total. The lowest BCUT2D eigenvalue weighted by Crippen LogP contribution is -2.19. The van der Waals surface area contributed by atoms with Crippen LogP contribution >= 0.6 is 43.5 Å². The molecular weight excluding hydrogens is 347 g/mol. The summed E-state index contributed by atoms with van der Waals surface area (Å²) in [4.78, 5) is 0. The fraction of sp³-hybridized carbons (Fsp3) is 0.400. The maximum Gasteiger partial charge on any atom is 0.106 e. The summed E-state index contributed by atoms with van der Waals surface area (Å²) in [6.07, 6.45) is -1.40. The molecule has 0 saturated carbocycles. The third-order valence-electron chi connectivity index (χ3n) is 2.05. The van der Waals surface area contributed by atoms with Gasteiger partial charge in [-0.3, -0.25) is 0 Å². The number of aliphatic hydroxyl groups excluding tert-OH is 2. The van der Waals surface area contributed by atoms with Crippen LogP contribution in [0.2, 0.25) is 0 Å². The highest BCUT2D eigenvalue weighted by molar-refractivity contribution is 9.11. The molecule has 2 unspecified atom stereocenters. The Morgan fingerprint density at radius 1 is 1.27 bits per heavy atom. The predicted octanol–water partition coefficient (Wildman–Crippen LogP) is 3.23. The van der Waals surface area contributed by atoms with Crippen molar-refractivity contribution in [1.29, 1.82) is 0 Å². The summed E-state index contributed by atoms with van der Waals surface area (Å²) in [5.41, 5.74) is 0.655. The molecule has 84 valence electrons. The van der Waals surface area contributed by atoms with Crippen molar-refractivity contribution in [3.63, 3.8) is 0 Å². The Hall–Kier alpha value is 0.390. The van der Waals surface area contributed by atoms with E-state index < -0.39 is 12.2 Å². The second-order valence-corrected chi connectivity index (χ2v) is 5.30. The van der Waals surface area contributed by atoms with Crippen molar-refractivity contribution in [2.75, 3.05) is 5.88 Å². The normalized spacial score (nSPS) is 15.0. The van der Waals surface area contributed by atoms with Crippen LogP contribution in [0.25, 0.3) is 0 Å². The van der Waals surface area contributed by atoms with E-state index in [1.165, 1.54) is 0 Å². The topological polar surface area (TPSA) is 40.5 Å². The summed E-state index contributed by atoms with van der Waals surface area (Å²) in [6, 6.07) is 5.44. The molecule has 0 amide bonds.